The Bertz CT molecular complexity index is 352. The summed E-state index contributed by atoms with van der Waals surface area (Å²) in [6.45, 7) is 11.2. The second-order valence-electron chi connectivity index (χ2n) is 9.61. The van der Waals surface area contributed by atoms with Crippen LogP contribution in [-0.4, -0.2) is 45.8 Å². The molecule has 31 heavy (non-hydrogen) atoms. The maximum absolute atomic E-state index is 8.88. The van der Waals surface area contributed by atoms with Crippen molar-refractivity contribution in [2.24, 2.45) is 0 Å². The van der Waals surface area contributed by atoms with E-state index < -0.39 is 7.82 Å². The van der Waals surface area contributed by atoms with Gasteiger partial charge in [0, 0.05) is 0 Å². The number of phosphoric acid groups is 1. The molecule has 0 atom stereocenters. The monoisotopic (exact) mass is 466 g/mol. The Morgan fingerprint density at radius 3 is 0.903 bits per heavy atom. The van der Waals surface area contributed by atoms with Crippen LogP contribution in [0.2, 0.25) is 0 Å². The SMILES string of the molecule is CCCCCCCC[N+](C)(CCCCCCCC)CCCCCCCC.O=P(O)(O)O. The zero-order valence-electron chi connectivity index (χ0n) is 21.5. The number of unbranched alkanes of at least 4 members (excludes halogenated alkanes) is 15. The summed E-state index contributed by atoms with van der Waals surface area (Å²) in [7, 11) is -2.08. The Kier molecular flexibility index (Phi) is 24.9. The van der Waals surface area contributed by atoms with E-state index in [-0.39, 0.29) is 0 Å². The van der Waals surface area contributed by atoms with Crippen molar-refractivity contribution in [3.63, 3.8) is 0 Å². The van der Waals surface area contributed by atoms with Crippen LogP contribution >= 0.6 is 7.82 Å². The molecule has 0 fully saturated rings. The van der Waals surface area contributed by atoms with Crippen LogP contribution in [0.4, 0.5) is 0 Å². The van der Waals surface area contributed by atoms with E-state index in [4.69, 9.17) is 19.2 Å². The van der Waals surface area contributed by atoms with Crippen molar-refractivity contribution >= 4 is 7.82 Å². The first-order chi connectivity index (χ1) is 14.7. The summed E-state index contributed by atoms with van der Waals surface area (Å²) < 4.78 is 10.2. The molecule has 0 aliphatic heterocycles. The van der Waals surface area contributed by atoms with Gasteiger partial charge < -0.3 is 19.2 Å². The highest BCUT2D eigenvalue weighted by Crippen LogP contribution is 2.25. The summed E-state index contributed by atoms with van der Waals surface area (Å²) in [6, 6.07) is 0. The molecular formula is C25H57NO4P+. The van der Waals surface area contributed by atoms with E-state index in [2.05, 4.69) is 27.8 Å². The van der Waals surface area contributed by atoms with Crippen molar-refractivity contribution in [2.75, 3.05) is 26.7 Å². The van der Waals surface area contributed by atoms with Crippen LogP contribution in [0.15, 0.2) is 0 Å². The largest absolute Gasteiger partial charge is 0.466 e. The Morgan fingerprint density at radius 1 is 0.484 bits per heavy atom. The average molecular weight is 467 g/mol. The van der Waals surface area contributed by atoms with Crippen molar-refractivity contribution < 1.29 is 23.7 Å². The minimum absolute atomic E-state index is 1.36. The van der Waals surface area contributed by atoms with Gasteiger partial charge in [-0.2, -0.15) is 0 Å². The lowest BCUT2D eigenvalue weighted by Gasteiger charge is -2.35. The van der Waals surface area contributed by atoms with Crippen LogP contribution in [0.3, 0.4) is 0 Å². The third kappa shape index (κ3) is 32.3. The van der Waals surface area contributed by atoms with Gasteiger partial charge in [-0.3, -0.25) is 0 Å². The van der Waals surface area contributed by atoms with Crippen LogP contribution in [-0.2, 0) is 4.57 Å². The Balaban J connectivity index is 0. The van der Waals surface area contributed by atoms with Gasteiger partial charge >= 0.3 is 7.82 Å². The topological polar surface area (TPSA) is 77.8 Å². The van der Waals surface area contributed by atoms with Crippen molar-refractivity contribution in [3.05, 3.63) is 0 Å². The van der Waals surface area contributed by atoms with E-state index in [1.54, 1.807) is 0 Å². The molecule has 190 valence electrons. The molecular weight excluding hydrogens is 409 g/mol. The van der Waals surface area contributed by atoms with Gasteiger partial charge in [0.2, 0.25) is 0 Å². The van der Waals surface area contributed by atoms with Crippen molar-refractivity contribution in [2.45, 2.75) is 136 Å². The summed E-state index contributed by atoms with van der Waals surface area (Å²) in [6.07, 6.45) is 25.9. The smallest absolute Gasteiger partial charge is 0.326 e. The Labute approximate surface area is 194 Å². The maximum Gasteiger partial charge on any atom is 0.466 e. The summed E-state index contributed by atoms with van der Waals surface area (Å²) in [4.78, 5) is 21.6. The van der Waals surface area contributed by atoms with E-state index >= 15 is 0 Å². The number of nitrogens with zero attached hydrogens (tertiary/aromatic N) is 1. The highest BCUT2D eigenvalue weighted by atomic mass is 31.2. The molecule has 0 bridgehead atoms. The van der Waals surface area contributed by atoms with Crippen LogP contribution < -0.4 is 0 Å². The first-order valence-electron chi connectivity index (χ1n) is 13.3. The van der Waals surface area contributed by atoms with Crippen LogP contribution in [0, 0.1) is 0 Å². The molecule has 6 heteroatoms. The Morgan fingerprint density at radius 2 is 0.677 bits per heavy atom. The molecule has 0 aromatic rings. The van der Waals surface area contributed by atoms with Gasteiger partial charge in [0.15, 0.2) is 0 Å². The lowest BCUT2D eigenvalue weighted by Crippen LogP contribution is -2.46. The number of hydrogen-bond acceptors (Lipinski definition) is 1. The van der Waals surface area contributed by atoms with E-state index in [1.807, 2.05) is 0 Å². The quantitative estimate of drug-likeness (QED) is 0.0925. The molecule has 0 radical (unpaired) electrons. The predicted octanol–water partition coefficient (Wildman–Crippen LogP) is 7.59. The van der Waals surface area contributed by atoms with Crippen molar-refractivity contribution in [1.29, 1.82) is 0 Å². The third-order valence-corrected chi connectivity index (χ3v) is 6.15. The molecule has 0 saturated carbocycles. The lowest BCUT2D eigenvalue weighted by molar-refractivity contribution is -0.910. The molecule has 0 aromatic heterocycles. The summed E-state index contributed by atoms with van der Waals surface area (Å²) >= 11 is 0. The molecule has 0 spiro atoms. The van der Waals surface area contributed by atoms with Gasteiger partial charge in [-0.25, -0.2) is 4.57 Å². The van der Waals surface area contributed by atoms with Crippen LogP contribution in [0.25, 0.3) is 0 Å². The molecule has 0 rings (SSSR count). The lowest BCUT2D eigenvalue weighted by atomic mass is 10.1. The highest BCUT2D eigenvalue weighted by molar-refractivity contribution is 7.45. The summed E-state index contributed by atoms with van der Waals surface area (Å²) in [5.74, 6) is 0. The second-order valence-corrected chi connectivity index (χ2v) is 10.6. The molecule has 0 unspecified atom stereocenters. The number of quaternary nitrogens is 1. The molecule has 5 nitrogen and oxygen atoms in total. The van der Waals surface area contributed by atoms with E-state index in [1.165, 1.54) is 140 Å². The van der Waals surface area contributed by atoms with Gasteiger partial charge in [-0.15, -0.1) is 0 Å². The van der Waals surface area contributed by atoms with E-state index in [9.17, 15) is 0 Å². The fourth-order valence-corrected chi connectivity index (χ4v) is 4.16. The van der Waals surface area contributed by atoms with Crippen molar-refractivity contribution in [1.82, 2.24) is 0 Å². The fourth-order valence-electron chi connectivity index (χ4n) is 4.16. The summed E-state index contributed by atoms with van der Waals surface area (Å²) in [5, 5.41) is 0. The van der Waals surface area contributed by atoms with E-state index in [0.717, 1.165) is 0 Å². The Hall–Kier alpha value is 0.0700. The van der Waals surface area contributed by atoms with Crippen LogP contribution in [0.5, 0.6) is 0 Å². The fraction of sp³-hybridized carbons (Fsp3) is 1.00. The zero-order chi connectivity index (χ0) is 23.8. The second kappa shape index (κ2) is 23.2. The standard InChI is InChI=1S/C25H54N.H3O4P/c1-5-8-11-14-17-20-23-26(4,24-21-18-15-12-9-6-2)25-22-19-16-13-10-7-3;1-5(2,3)4/h5-25H2,1-4H3;(H3,1,2,3,4)/q+1;. The maximum atomic E-state index is 8.88. The molecule has 0 aromatic carbocycles. The number of rotatable bonds is 21. The third-order valence-electron chi connectivity index (χ3n) is 6.15. The van der Waals surface area contributed by atoms with E-state index in [0.29, 0.717) is 0 Å². The van der Waals surface area contributed by atoms with Gasteiger partial charge in [0.25, 0.3) is 0 Å². The summed E-state index contributed by atoms with van der Waals surface area (Å²) in [5.41, 5.74) is 0. The van der Waals surface area contributed by atoms with Gasteiger partial charge in [0.05, 0.1) is 26.7 Å². The average Bonchev–Trinajstić information content (AvgIpc) is 2.69. The minimum atomic E-state index is -4.64. The van der Waals surface area contributed by atoms with Crippen LogP contribution in [0.1, 0.15) is 136 Å². The predicted molar refractivity (Wildman–Crippen MR) is 135 cm³/mol. The normalized spacial score (nSPS) is 12.0. The highest BCUT2D eigenvalue weighted by Gasteiger charge is 2.20. The molecule has 0 aliphatic carbocycles. The first-order valence-corrected chi connectivity index (χ1v) is 14.9. The molecule has 0 heterocycles. The van der Waals surface area contributed by atoms with Gasteiger partial charge in [0.1, 0.15) is 0 Å². The molecule has 3 N–H and O–H groups in total. The van der Waals surface area contributed by atoms with Gasteiger partial charge in [-0.05, 0) is 38.5 Å². The number of hydrogen-bond donors (Lipinski definition) is 3. The molecule has 0 aliphatic rings. The van der Waals surface area contributed by atoms with Gasteiger partial charge in [-0.1, -0.05) is 97.8 Å². The first kappa shape index (κ1) is 33.2. The zero-order valence-corrected chi connectivity index (χ0v) is 22.4. The minimum Gasteiger partial charge on any atom is -0.326 e. The van der Waals surface area contributed by atoms with Crippen molar-refractivity contribution in [3.8, 4) is 0 Å². The molecule has 0 amide bonds. The molecule has 0 saturated heterocycles.